The van der Waals surface area contributed by atoms with E-state index in [2.05, 4.69) is 41.5 Å². The first-order valence-electron chi connectivity index (χ1n) is 8.36. The molecule has 0 radical (unpaired) electrons. The van der Waals surface area contributed by atoms with Crippen molar-refractivity contribution < 1.29 is 4.79 Å². The Hall–Kier alpha value is -2.36. The van der Waals surface area contributed by atoms with E-state index in [0.717, 1.165) is 41.0 Å². The quantitative estimate of drug-likeness (QED) is 0.632. The predicted molar refractivity (Wildman–Crippen MR) is 101 cm³/mol. The second kappa shape index (κ2) is 7.95. The van der Waals surface area contributed by atoms with Crippen molar-refractivity contribution in [1.29, 1.82) is 0 Å². The summed E-state index contributed by atoms with van der Waals surface area (Å²) in [6.45, 7) is 12.4. The highest BCUT2D eigenvalue weighted by molar-refractivity contribution is 6.01. The molecule has 4 nitrogen and oxygen atoms in total. The molecule has 1 amide bonds. The standard InChI is InChI=1S/C20H27N3O/c1-13(2)17-8-7-15(4)19(11-17)22-23-20(24)12-21-18-9-6-14(3)10-16(18)5/h6-7,9-10,17,21H,1,8,11-12H2,2-5H3,(H,23,24)/b22-19-/t17-/m1/s1. The molecule has 0 unspecified atom stereocenters. The number of carbonyl (C=O) groups is 1. The molecule has 2 rings (SSSR count). The number of hydrogen-bond acceptors (Lipinski definition) is 3. The van der Waals surface area contributed by atoms with Crippen LogP contribution in [0.5, 0.6) is 0 Å². The van der Waals surface area contributed by atoms with Gasteiger partial charge < -0.3 is 5.32 Å². The summed E-state index contributed by atoms with van der Waals surface area (Å²) < 4.78 is 0. The highest BCUT2D eigenvalue weighted by Gasteiger charge is 2.18. The Morgan fingerprint density at radius 1 is 1.33 bits per heavy atom. The molecular weight excluding hydrogens is 298 g/mol. The molecule has 1 atom stereocenters. The van der Waals surface area contributed by atoms with Crippen molar-refractivity contribution in [3.05, 3.63) is 53.1 Å². The molecule has 0 saturated carbocycles. The molecule has 0 fully saturated rings. The van der Waals surface area contributed by atoms with Crippen LogP contribution in [0, 0.1) is 19.8 Å². The first kappa shape index (κ1) is 18.0. The second-order valence-electron chi connectivity index (χ2n) is 6.64. The SMILES string of the molecule is C=C(C)[C@@H]1CC=C(C)/C(=N\NC(=O)CNc2ccc(C)cc2C)C1. The van der Waals surface area contributed by atoms with E-state index < -0.39 is 0 Å². The molecule has 128 valence electrons. The van der Waals surface area contributed by atoms with Gasteiger partial charge in [0.15, 0.2) is 0 Å². The van der Waals surface area contributed by atoms with Gasteiger partial charge in [-0.15, -0.1) is 0 Å². The van der Waals surface area contributed by atoms with E-state index in [1.807, 2.05) is 32.9 Å². The number of hydrazone groups is 1. The summed E-state index contributed by atoms with van der Waals surface area (Å²) in [5.74, 6) is 0.269. The molecule has 0 aromatic heterocycles. The van der Waals surface area contributed by atoms with Crippen LogP contribution in [0.25, 0.3) is 0 Å². The molecule has 0 aliphatic heterocycles. The fraction of sp³-hybridized carbons (Fsp3) is 0.400. The summed E-state index contributed by atoms with van der Waals surface area (Å²) in [5, 5.41) is 7.47. The number of allylic oxidation sites excluding steroid dienone is 3. The normalized spacial score (nSPS) is 18.9. The number of carbonyl (C=O) groups excluding carboxylic acids is 1. The van der Waals surface area contributed by atoms with Crippen LogP contribution >= 0.6 is 0 Å². The van der Waals surface area contributed by atoms with Crippen LogP contribution < -0.4 is 10.7 Å². The van der Waals surface area contributed by atoms with Crippen molar-refractivity contribution in [2.75, 3.05) is 11.9 Å². The summed E-state index contributed by atoms with van der Waals surface area (Å²) in [6, 6.07) is 6.12. The third-order valence-corrected chi connectivity index (χ3v) is 4.44. The van der Waals surface area contributed by atoms with E-state index in [1.54, 1.807) is 0 Å². The van der Waals surface area contributed by atoms with Gasteiger partial charge in [-0.05, 0) is 63.7 Å². The minimum absolute atomic E-state index is 0.146. The second-order valence-corrected chi connectivity index (χ2v) is 6.64. The van der Waals surface area contributed by atoms with Gasteiger partial charge in [-0.2, -0.15) is 5.10 Å². The average molecular weight is 325 g/mol. The molecule has 0 saturated heterocycles. The summed E-state index contributed by atoms with van der Waals surface area (Å²) in [7, 11) is 0. The van der Waals surface area contributed by atoms with Gasteiger partial charge in [0.1, 0.15) is 0 Å². The van der Waals surface area contributed by atoms with Gasteiger partial charge in [0, 0.05) is 5.69 Å². The Bertz CT molecular complexity index is 701. The molecule has 1 aliphatic carbocycles. The number of benzene rings is 1. The average Bonchev–Trinajstić information content (AvgIpc) is 2.53. The molecule has 4 heteroatoms. The van der Waals surface area contributed by atoms with E-state index >= 15 is 0 Å². The van der Waals surface area contributed by atoms with Crippen LogP contribution in [0.15, 0.2) is 47.1 Å². The van der Waals surface area contributed by atoms with E-state index in [1.165, 1.54) is 5.56 Å². The van der Waals surface area contributed by atoms with Gasteiger partial charge in [0.2, 0.25) is 0 Å². The lowest BCUT2D eigenvalue weighted by Crippen LogP contribution is -2.28. The molecule has 2 N–H and O–H groups in total. The Kier molecular flexibility index (Phi) is 5.96. The number of anilines is 1. The van der Waals surface area contributed by atoms with Crippen molar-refractivity contribution in [2.24, 2.45) is 11.0 Å². The number of nitrogens with one attached hydrogen (secondary N) is 2. The van der Waals surface area contributed by atoms with E-state index in [9.17, 15) is 4.79 Å². The zero-order chi connectivity index (χ0) is 17.7. The number of amides is 1. The van der Waals surface area contributed by atoms with Crippen LogP contribution in [0.4, 0.5) is 5.69 Å². The first-order valence-corrected chi connectivity index (χ1v) is 8.36. The smallest absolute Gasteiger partial charge is 0.259 e. The Morgan fingerprint density at radius 2 is 2.08 bits per heavy atom. The molecule has 0 heterocycles. The third kappa shape index (κ3) is 4.82. The van der Waals surface area contributed by atoms with Gasteiger partial charge in [-0.3, -0.25) is 4.79 Å². The van der Waals surface area contributed by atoms with E-state index in [4.69, 9.17) is 0 Å². The van der Waals surface area contributed by atoms with Crippen LogP contribution in [0.1, 0.15) is 37.8 Å². The predicted octanol–water partition coefficient (Wildman–Crippen LogP) is 4.12. The van der Waals surface area contributed by atoms with Gasteiger partial charge in [0.05, 0.1) is 12.3 Å². The Balaban J connectivity index is 1.91. The van der Waals surface area contributed by atoms with Gasteiger partial charge >= 0.3 is 0 Å². The lowest BCUT2D eigenvalue weighted by atomic mass is 9.85. The van der Waals surface area contributed by atoms with Gasteiger partial charge in [-0.25, -0.2) is 5.43 Å². The Labute approximate surface area is 144 Å². The van der Waals surface area contributed by atoms with E-state index in [0.29, 0.717) is 5.92 Å². The largest absolute Gasteiger partial charge is 0.376 e. The summed E-state index contributed by atoms with van der Waals surface area (Å²) >= 11 is 0. The fourth-order valence-electron chi connectivity index (χ4n) is 2.78. The molecule has 0 spiro atoms. The zero-order valence-electron chi connectivity index (χ0n) is 15.1. The lowest BCUT2D eigenvalue weighted by molar-refractivity contribution is -0.119. The van der Waals surface area contributed by atoms with Crippen LogP contribution in [0.3, 0.4) is 0 Å². The molecular formula is C20H27N3O. The van der Waals surface area contributed by atoms with E-state index in [-0.39, 0.29) is 12.5 Å². The van der Waals surface area contributed by atoms with Crippen molar-refractivity contribution >= 4 is 17.3 Å². The minimum Gasteiger partial charge on any atom is -0.376 e. The van der Waals surface area contributed by atoms with Crippen molar-refractivity contribution in [3.8, 4) is 0 Å². The maximum Gasteiger partial charge on any atom is 0.259 e. The number of rotatable bonds is 5. The molecule has 1 aromatic carbocycles. The lowest BCUT2D eigenvalue weighted by Gasteiger charge is -2.22. The highest BCUT2D eigenvalue weighted by atomic mass is 16.2. The van der Waals surface area contributed by atoms with Crippen molar-refractivity contribution in [3.63, 3.8) is 0 Å². The van der Waals surface area contributed by atoms with Gasteiger partial charge in [-0.1, -0.05) is 35.9 Å². The fourth-order valence-corrected chi connectivity index (χ4v) is 2.78. The summed E-state index contributed by atoms with van der Waals surface area (Å²) in [4.78, 5) is 12.0. The highest BCUT2D eigenvalue weighted by Crippen LogP contribution is 2.26. The maximum atomic E-state index is 12.0. The summed E-state index contributed by atoms with van der Waals surface area (Å²) in [6.07, 6.45) is 4.01. The maximum absolute atomic E-state index is 12.0. The molecule has 0 bridgehead atoms. The van der Waals surface area contributed by atoms with Crippen LogP contribution in [-0.4, -0.2) is 18.2 Å². The topological polar surface area (TPSA) is 53.5 Å². The summed E-state index contributed by atoms with van der Waals surface area (Å²) in [5.41, 5.74) is 9.20. The first-order chi connectivity index (χ1) is 11.4. The molecule has 1 aromatic rings. The molecule has 24 heavy (non-hydrogen) atoms. The number of hydrogen-bond donors (Lipinski definition) is 2. The van der Waals surface area contributed by atoms with Gasteiger partial charge in [0.25, 0.3) is 5.91 Å². The zero-order valence-corrected chi connectivity index (χ0v) is 15.1. The van der Waals surface area contributed by atoms with Crippen LogP contribution in [-0.2, 0) is 4.79 Å². The van der Waals surface area contributed by atoms with Crippen LogP contribution in [0.2, 0.25) is 0 Å². The van der Waals surface area contributed by atoms with Crippen molar-refractivity contribution in [2.45, 2.75) is 40.5 Å². The number of nitrogens with zero attached hydrogens (tertiary/aromatic N) is 1. The number of aryl methyl sites for hydroxylation is 2. The Morgan fingerprint density at radius 3 is 2.75 bits per heavy atom. The molecule has 1 aliphatic rings. The van der Waals surface area contributed by atoms with Crippen molar-refractivity contribution in [1.82, 2.24) is 5.43 Å². The monoisotopic (exact) mass is 325 g/mol. The minimum atomic E-state index is -0.146. The third-order valence-electron chi connectivity index (χ3n) is 4.44.